The third kappa shape index (κ3) is 2.25. The van der Waals surface area contributed by atoms with E-state index in [9.17, 15) is 0 Å². The number of ether oxygens (including phenoxy) is 1. The standard InChI is InChI=1S/C15H15N5O2/c16-15-18-11-9-12(10-1-3-17-4-2-10)22-13(11)14(19-15)20-5-7-21-8-6-20/h1-4,9H,5-8H2,(H2,16,18,19). The van der Waals surface area contributed by atoms with Gasteiger partial charge < -0.3 is 19.8 Å². The Morgan fingerprint density at radius 3 is 2.64 bits per heavy atom. The number of pyridine rings is 1. The minimum absolute atomic E-state index is 0.246. The van der Waals surface area contributed by atoms with Crippen LogP contribution in [0.3, 0.4) is 0 Å². The summed E-state index contributed by atoms with van der Waals surface area (Å²) in [6.07, 6.45) is 3.46. The molecule has 4 heterocycles. The van der Waals surface area contributed by atoms with E-state index in [2.05, 4.69) is 19.9 Å². The molecule has 0 aliphatic carbocycles. The van der Waals surface area contributed by atoms with Crippen molar-refractivity contribution in [1.82, 2.24) is 15.0 Å². The number of rotatable bonds is 2. The van der Waals surface area contributed by atoms with E-state index in [1.807, 2.05) is 18.2 Å². The molecule has 22 heavy (non-hydrogen) atoms. The van der Waals surface area contributed by atoms with E-state index in [0.29, 0.717) is 24.3 Å². The van der Waals surface area contributed by atoms with Gasteiger partial charge in [0.1, 0.15) is 11.3 Å². The molecular formula is C15H15N5O2. The fraction of sp³-hybridized carbons (Fsp3) is 0.267. The molecule has 112 valence electrons. The molecular weight excluding hydrogens is 282 g/mol. The van der Waals surface area contributed by atoms with E-state index in [-0.39, 0.29) is 5.95 Å². The number of fused-ring (bicyclic) bond motifs is 1. The van der Waals surface area contributed by atoms with Crippen molar-refractivity contribution in [2.75, 3.05) is 36.9 Å². The normalized spacial score (nSPS) is 15.4. The Morgan fingerprint density at radius 2 is 1.86 bits per heavy atom. The molecule has 0 bridgehead atoms. The molecule has 3 aromatic rings. The smallest absolute Gasteiger partial charge is 0.222 e. The van der Waals surface area contributed by atoms with Crippen LogP contribution in [0.1, 0.15) is 0 Å². The summed E-state index contributed by atoms with van der Waals surface area (Å²) >= 11 is 0. The summed E-state index contributed by atoms with van der Waals surface area (Å²) in [4.78, 5) is 14.8. The molecule has 0 spiro atoms. The predicted octanol–water partition coefficient (Wildman–Crippen LogP) is 1.70. The number of morpholine rings is 1. The lowest BCUT2D eigenvalue weighted by Gasteiger charge is -2.27. The molecule has 7 heteroatoms. The van der Waals surface area contributed by atoms with Crippen LogP contribution >= 0.6 is 0 Å². The van der Waals surface area contributed by atoms with Crippen molar-refractivity contribution >= 4 is 22.9 Å². The molecule has 1 saturated heterocycles. The second-order valence-corrected chi connectivity index (χ2v) is 5.07. The molecule has 4 rings (SSSR count). The third-order valence-corrected chi connectivity index (χ3v) is 3.65. The average molecular weight is 297 g/mol. The number of nitrogen functional groups attached to an aromatic ring is 1. The summed E-state index contributed by atoms with van der Waals surface area (Å²) in [6.45, 7) is 2.86. The molecule has 1 aliphatic heterocycles. The largest absolute Gasteiger partial charge is 0.450 e. The van der Waals surface area contributed by atoms with Crippen LogP contribution in [-0.4, -0.2) is 41.3 Å². The van der Waals surface area contributed by atoms with Crippen molar-refractivity contribution in [2.24, 2.45) is 0 Å². The Bertz CT molecular complexity index is 796. The molecule has 0 aromatic carbocycles. The van der Waals surface area contributed by atoms with Gasteiger partial charge in [0.15, 0.2) is 11.4 Å². The first-order valence-corrected chi connectivity index (χ1v) is 7.11. The summed E-state index contributed by atoms with van der Waals surface area (Å²) in [5.41, 5.74) is 8.16. The van der Waals surface area contributed by atoms with Crippen molar-refractivity contribution in [1.29, 1.82) is 0 Å². The van der Waals surface area contributed by atoms with Gasteiger partial charge in [0.2, 0.25) is 5.95 Å². The Hall–Kier alpha value is -2.67. The van der Waals surface area contributed by atoms with E-state index >= 15 is 0 Å². The zero-order valence-electron chi connectivity index (χ0n) is 11.9. The minimum Gasteiger partial charge on any atom is -0.450 e. The molecule has 1 fully saturated rings. The van der Waals surface area contributed by atoms with Gasteiger partial charge in [-0.15, -0.1) is 0 Å². The molecule has 0 unspecified atom stereocenters. The maximum Gasteiger partial charge on any atom is 0.222 e. The number of aromatic nitrogens is 3. The highest BCUT2D eigenvalue weighted by Crippen LogP contribution is 2.32. The first-order valence-electron chi connectivity index (χ1n) is 7.11. The molecule has 3 aromatic heterocycles. The zero-order valence-corrected chi connectivity index (χ0v) is 11.9. The van der Waals surface area contributed by atoms with Crippen LogP contribution in [0, 0.1) is 0 Å². The fourth-order valence-corrected chi connectivity index (χ4v) is 2.58. The quantitative estimate of drug-likeness (QED) is 0.769. The van der Waals surface area contributed by atoms with Crippen molar-refractivity contribution in [3.8, 4) is 11.3 Å². The number of hydrogen-bond donors (Lipinski definition) is 1. The van der Waals surface area contributed by atoms with Crippen LogP contribution in [0.2, 0.25) is 0 Å². The van der Waals surface area contributed by atoms with Crippen LogP contribution in [0.25, 0.3) is 22.4 Å². The first kappa shape index (κ1) is 13.0. The SMILES string of the molecule is Nc1nc(N2CCOCC2)c2oc(-c3ccncc3)cc2n1. The van der Waals surface area contributed by atoms with Gasteiger partial charge in [-0.3, -0.25) is 4.98 Å². The zero-order chi connectivity index (χ0) is 14.9. The number of anilines is 2. The van der Waals surface area contributed by atoms with Gasteiger partial charge >= 0.3 is 0 Å². The first-order chi connectivity index (χ1) is 10.8. The van der Waals surface area contributed by atoms with Gasteiger partial charge in [0, 0.05) is 37.1 Å². The van der Waals surface area contributed by atoms with Gasteiger partial charge in [0.25, 0.3) is 0 Å². The summed E-state index contributed by atoms with van der Waals surface area (Å²) < 4.78 is 11.4. The van der Waals surface area contributed by atoms with Gasteiger partial charge in [-0.05, 0) is 12.1 Å². The second kappa shape index (κ2) is 5.27. The van der Waals surface area contributed by atoms with Crippen LogP contribution in [0.4, 0.5) is 11.8 Å². The highest BCUT2D eigenvalue weighted by atomic mass is 16.5. The number of furan rings is 1. The highest BCUT2D eigenvalue weighted by Gasteiger charge is 2.20. The van der Waals surface area contributed by atoms with Crippen LogP contribution in [0.5, 0.6) is 0 Å². The summed E-state index contributed by atoms with van der Waals surface area (Å²) in [6, 6.07) is 5.67. The van der Waals surface area contributed by atoms with Crippen molar-refractivity contribution in [3.05, 3.63) is 30.6 Å². The van der Waals surface area contributed by atoms with E-state index in [1.165, 1.54) is 0 Å². The number of nitrogens with two attached hydrogens (primary N) is 1. The lowest BCUT2D eigenvalue weighted by molar-refractivity contribution is 0.122. The molecule has 0 radical (unpaired) electrons. The highest BCUT2D eigenvalue weighted by molar-refractivity contribution is 5.88. The van der Waals surface area contributed by atoms with E-state index in [0.717, 1.165) is 30.2 Å². The lowest BCUT2D eigenvalue weighted by Crippen LogP contribution is -2.37. The van der Waals surface area contributed by atoms with Crippen LogP contribution in [-0.2, 0) is 4.74 Å². The van der Waals surface area contributed by atoms with Gasteiger partial charge in [-0.25, -0.2) is 4.98 Å². The van der Waals surface area contributed by atoms with Gasteiger partial charge in [-0.1, -0.05) is 0 Å². The van der Waals surface area contributed by atoms with Gasteiger partial charge in [0.05, 0.1) is 13.2 Å². The van der Waals surface area contributed by atoms with Crippen molar-refractivity contribution in [2.45, 2.75) is 0 Å². The fourth-order valence-electron chi connectivity index (χ4n) is 2.58. The lowest BCUT2D eigenvalue weighted by atomic mass is 10.2. The monoisotopic (exact) mass is 297 g/mol. The molecule has 0 amide bonds. The Morgan fingerprint density at radius 1 is 1.09 bits per heavy atom. The van der Waals surface area contributed by atoms with Gasteiger partial charge in [-0.2, -0.15) is 4.98 Å². The molecule has 2 N–H and O–H groups in total. The van der Waals surface area contributed by atoms with Crippen LogP contribution in [0.15, 0.2) is 35.0 Å². The minimum atomic E-state index is 0.246. The van der Waals surface area contributed by atoms with E-state index in [4.69, 9.17) is 14.9 Å². The van der Waals surface area contributed by atoms with Crippen molar-refractivity contribution in [3.63, 3.8) is 0 Å². The number of hydrogen-bond acceptors (Lipinski definition) is 7. The summed E-state index contributed by atoms with van der Waals surface area (Å²) in [5.74, 6) is 1.70. The third-order valence-electron chi connectivity index (χ3n) is 3.65. The molecule has 7 nitrogen and oxygen atoms in total. The average Bonchev–Trinajstić information content (AvgIpc) is 2.99. The molecule has 1 aliphatic rings. The summed E-state index contributed by atoms with van der Waals surface area (Å²) in [7, 11) is 0. The molecule has 0 saturated carbocycles. The van der Waals surface area contributed by atoms with Crippen molar-refractivity contribution < 1.29 is 9.15 Å². The Kier molecular flexibility index (Phi) is 3.12. The maximum atomic E-state index is 6.00. The predicted molar refractivity (Wildman–Crippen MR) is 82.5 cm³/mol. The molecule has 0 atom stereocenters. The van der Waals surface area contributed by atoms with E-state index in [1.54, 1.807) is 12.4 Å². The topological polar surface area (TPSA) is 90.3 Å². The van der Waals surface area contributed by atoms with Crippen LogP contribution < -0.4 is 10.6 Å². The Balaban J connectivity index is 1.84. The van der Waals surface area contributed by atoms with E-state index < -0.39 is 0 Å². The number of nitrogens with zero attached hydrogens (tertiary/aromatic N) is 4. The Labute approximate surface area is 126 Å². The second-order valence-electron chi connectivity index (χ2n) is 5.07. The maximum absolute atomic E-state index is 6.00. The summed E-state index contributed by atoms with van der Waals surface area (Å²) in [5, 5.41) is 0.